The molecule has 1 fully saturated rings. The largest absolute Gasteiger partial charge is 0.478 e. The highest BCUT2D eigenvalue weighted by Crippen LogP contribution is 2.09. The molecule has 1 aromatic heterocycles. The smallest absolute Gasteiger partial charge is 0.241 e. The van der Waals surface area contributed by atoms with Crippen LogP contribution in [0.25, 0.3) is 0 Å². The Balaban J connectivity index is 1.84. The molecular weight excluding hydrogens is 318 g/mol. The Hall–Kier alpha value is -2.31. The summed E-state index contributed by atoms with van der Waals surface area (Å²) in [4.78, 5) is 22.8. The molecule has 25 heavy (non-hydrogen) atoms. The summed E-state index contributed by atoms with van der Waals surface area (Å²) >= 11 is 0. The third kappa shape index (κ3) is 6.60. The fraction of sp³-hybridized carbons (Fsp3) is 0.611. The number of ether oxygens (including phenoxy) is 1. The second-order valence-corrected chi connectivity index (χ2v) is 5.99. The minimum Gasteiger partial charge on any atom is -0.478 e. The maximum atomic E-state index is 12.1. The molecule has 0 aromatic carbocycles. The zero-order chi connectivity index (χ0) is 17.9. The van der Waals surface area contributed by atoms with Crippen LogP contribution >= 0.6 is 0 Å². The maximum absolute atomic E-state index is 12.1. The van der Waals surface area contributed by atoms with E-state index in [0.717, 1.165) is 44.5 Å². The van der Waals surface area contributed by atoms with Crippen molar-refractivity contribution in [2.45, 2.75) is 39.7 Å². The molecule has 2 heterocycles. The van der Waals surface area contributed by atoms with E-state index >= 15 is 0 Å². The minimum atomic E-state index is 0.127. The first-order chi connectivity index (χ1) is 12.2. The Morgan fingerprint density at radius 3 is 2.72 bits per heavy atom. The van der Waals surface area contributed by atoms with Gasteiger partial charge in [-0.3, -0.25) is 4.79 Å². The van der Waals surface area contributed by atoms with Crippen molar-refractivity contribution in [2.75, 3.05) is 32.8 Å². The molecule has 0 saturated carbocycles. The maximum Gasteiger partial charge on any atom is 0.241 e. The molecule has 138 valence electrons. The number of guanidine groups is 1. The summed E-state index contributed by atoms with van der Waals surface area (Å²) in [5.74, 6) is 1.40. The molecule has 2 N–H and O–H groups in total. The average molecular weight is 347 g/mol. The zero-order valence-electron chi connectivity index (χ0n) is 15.3. The molecule has 1 aliphatic heterocycles. The van der Waals surface area contributed by atoms with Gasteiger partial charge in [-0.25, -0.2) is 9.98 Å². The molecule has 0 radical (unpaired) electrons. The van der Waals surface area contributed by atoms with Gasteiger partial charge in [0.25, 0.3) is 0 Å². The van der Waals surface area contributed by atoms with Gasteiger partial charge < -0.3 is 20.3 Å². The van der Waals surface area contributed by atoms with Crippen molar-refractivity contribution >= 4 is 11.9 Å². The summed E-state index contributed by atoms with van der Waals surface area (Å²) in [6.45, 7) is 7.98. The molecule has 0 aliphatic carbocycles. The van der Waals surface area contributed by atoms with Crippen LogP contribution in [0.3, 0.4) is 0 Å². The van der Waals surface area contributed by atoms with Crippen LogP contribution in [0.5, 0.6) is 5.88 Å². The Kier molecular flexibility index (Phi) is 8.01. The number of hydrogen-bond acceptors (Lipinski definition) is 4. The lowest BCUT2D eigenvalue weighted by molar-refractivity contribution is -0.128. The van der Waals surface area contributed by atoms with Gasteiger partial charge in [-0.2, -0.15) is 0 Å². The summed E-state index contributed by atoms with van der Waals surface area (Å²) in [6.07, 6.45) is 4.94. The number of aromatic nitrogens is 1. The molecule has 1 aromatic rings. The quantitative estimate of drug-likeness (QED) is 0.551. The fourth-order valence-corrected chi connectivity index (χ4v) is 2.55. The van der Waals surface area contributed by atoms with Crippen LogP contribution in [0, 0.1) is 0 Å². The van der Waals surface area contributed by atoms with Crippen LogP contribution in [-0.2, 0) is 11.3 Å². The first-order valence-electron chi connectivity index (χ1n) is 9.10. The molecule has 2 rings (SSSR count). The van der Waals surface area contributed by atoms with Crippen LogP contribution in [0.1, 0.15) is 38.7 Å². The van der Waals surface area contributed by atoms with E-state index in [4.69, 9.17) is 4.74 Å². The zero-order valence-corrected chi connectivity index (χ0v) is 15.3. The monoisotopic (exact) mass is 347 g/mol. The lowest BCUT2D eigenvalue weighted by Crippen LogP contribution is -2.44. The summed E-state index contributed by atoms with van der Waals surface area (Å²) < 4.78 is 5.47. The number of hydrogen-bond donors (Lipinski definition) is 2. The van der Waals surface area contributed by atoms with Gasteiger partial charge in [0.1, 0.15) is 0 Å². The van der Waals surface area contributed by atoms with Crippen molar-refractivity contribution < 1.29 is 9.53 Å². The number of aliphatic imine (C=N–C) groups is 1. The lowest BCUT2D eigenvalue weighted by Gasteiger charge is -2.17. The molecule has 0 spiro atoms. The highest BCUT2D eigenvalue weighted by molar-refractivity contribution is 5.86. The predicted molar refractivity (Wildman–Crippen MR) is 98.7 cm³/mol. The summed E-state index contributed by atoms with van der Waals surface area (Å²) in [5, 5.41) is 6.27. The van der Waals surface area contributed by atoms with Crippen LogP contribution < -0.4 is 15.4 Å². The van der Waals surface area contributed by atoms with Crippen LogP contribution in [0.2, 0.25) is 0 Å². The van der Waals surface area contributed by atoms with Gasteiger partial charge in [-0.1, -0.05) is 13.0 Å². The van der Waals surface area contributed by atoms with E-state index in [1.165, 1.54) is 0 Å². The van der Waals surface area contributed by atoms with Gasteiger partial charge in [0.15, 0.2) is 5.96 Å². The normalized spacial score (nSPS) is 14.5. The number of carbonyl (C=O) groups is 1. The number of pyridine rings is 1. The third-order valence-corrected chi connectivity index (χ3v) is 3.88. The van der Waals surface area contributed by atoms with E-state index in [1.807, 2.05) is 24.0 Å². The van der Waals surface area contributed by atoms with Crippen molar-refractivity contribution in [1.29, 1.82) is 0 Å². The second-order valence-electron chi connectivity index (χ2n) is 5.99. The topological polar surface area (TPSA) is 78.8 Å². The molecule has 7 nitrogen and oxygen atoms in total. The summed E-state index contributed by atoms with van der Waals surface area (Å²) in [6, 6.07) is 3.82. The highest BCUT2D eigenvalue weighted by atomic mass is 16.5. The molecule has 1 saturated heterocycles. The number of likely N-dealkylation sites (tertiary alicyclic amines) is 1. The van der Waals surface area contributed by atoms with Gasteiger partial charge >= 0.3 is 0 Å². The number of amides is 1. The number of nitrogens with zero attached hydrogens (tertiary/aromatic N) is 3. The van der Waals surface area contributed by atoms with Crippen molar-refractivity contribution in [3.63, 3.8) is 0 Å². The molecule has 0 atom stereocenters. The van der Waals surface area contributed by atoms with Crippen LogP contribution in [0.15, 0.2) is 23.3 Å². The Labute approximate surface area is 149 Å². The van der Waals surface area contributed by atoms with Crippen molar-refractivity contribution in [1.82, 2.24) is 20.5 Å². The first kappa shape index (κ1) is 19.0. The second kappa shape index (κ2) is 10.5. The van der Waals surface area contributed by atoms with Crippen molar-refractivity contribution in [2.24, 2.45) is 4.99 Å². The standard InChI is InChI=1S/C18H29N5O2/c1-3-11-25-16-8-7-15(12-20-16)13-21-18(19-4-2)22-14-17(24)23-9-5-6-10-23/h7-8,12H,3-6,9-11,13-14H2,1-2H3,(H2,19,21,22). The highest BCUT2D eigenvalue weighted by Gasteiger charge is 2.17. The van der Waals surface area contributed by atoms with Gasteiger partial charge in [-0.05, 0) is 31.7 Å². The van der Waals surface area contributed by atoms with Gasteiger partial charge in [0.05, 0.1) is 19.7 Å². The van der Waals surface area contributed by atoms with E-state index < -0.39 is 0 Å². The minimum absolute atomic E-state index is 0.127. The molecule has 7 heteroatoms. The fourth-order valence-electron chi connectivity index (χ4n) is 2.55. The van der Waals surface area contributed by atoms with Crippen molar-refractivity contribution in [3.05, 3.63) is 23.9 Å². The van der Waals surface area contributed by atoms with Crippen molar-refractivity contribution in [3.8, 4) is 5.88 Å². The van der Waals surface area contributed by atoms with E-state index in [0.29, 0.717) is 25.0 Å². The SMILES string of the molecule is CCCOc1ccc(CN=C(NCC)NCC(=O)N2CCCC2)cn1. The van der Waals surface area contributed by atoms with E-state index in [2.05, 4.69) is 27.5 Å². The summed E-state index contributed by atoms with van der Waals surface area (Å²) in [7, 11) is 0. The molecule has 0 bridgehead atoms. The average Bonchev–Trinajstić information content (AvgIpc) is 3.17. The van der Waals surface area contributed by atoms with E-state index in [1.54, 1.807) is 6.20 Å². The number of nitrogens with one attached hydrogen (secondary N) is 2. The Morgan fingerprint density at radius 1 is 1.28 bits per heavy atom. The Bertz CT molecular complexity index is 553. The first-order valence-corrected chi connectivity index (χ1v) is 9.10. The molecule has 0 unspecified atom stereocenters. The lowest BCUT2D eigenvalue weighted by atomic mass is 10.3. The predicted octanol–water partition coefficient (Wildman–Crippen LogP) is 1.55. The summed E-state index contributed by atoms with van der Waals surface area (Å²) in [5.41, 5.74) is 0.993. The van der Waals surface area contributed by atoms with Crippen LogP contribution in [-0.4, -0.2) is 54.5 Å². The number of carbonyl (C=O) groups excluding carboxylic acids is 1. The van der Waals surface area contributed by atoms with Gasteiger partial charge in [0, 0.05) is 31.9 Å². The van der Waals surface area contributed by atoms with E-state index in [-0.39, 0.29) is 12.5 Å². The Morgan fingerprint density at radius 2 is 2.08 bits per heavy atom. The molecule has 1 amide bonds. The number of rotatable bonds is 8. The van der Waals surface area contributed by atoms with E-state index in [9.17, 15) is 4.79 Å². The van der Waals surface area contributed by atoms with Gasteiger partial charge in [0.2, 0.25) is 11.8 Å². The van der Waals surface area contributed by atoms with Crippen LogP contribution in [0.4, 0.5) is 0 Å². The molecular formula is C18H29N5O2. The van der Waals surface area contributed by atoms with Gasteiger partial charge in [-0.15, -0.1) is 0 Å². The third-order valence-electron chi connectivity index (χ3n) is 3.88. The molecule has 1 aliphatic rings.